The van der Waals surface area contributed by atoms with E-state index in [0.717, 1.165) is 19.4 Å². The Labute approximate surface area is 119 Å². The molecule has 0 radical (unpaired) electrons. The van der Waals surface area contributed by atoms with Crippen LogP contribution in [-0.2, 0) is 10.0 Å². The molecule has 4 nitrogen and oxygen atoms in total. The number of hydrogen-bond donors (Lipinski definition) is 1. The quantitative estimate of drug-likeness (QED) is 0.925. The summed E-state index contributed by atoms with van der Waals surface area (Å²) in [5.74, 6) is 0.558. The highest BCUT2D eigenvalue weighted by Crippen LogP contribution is 2.27. The summed E-state index contributed by atoms with van der Waals surface area (Å²) < 4.78 is 26.5. The van der Waals surface area contributed by atoms with Gasteiger partial charge >= 0.3 is 0 Å². The second-order valence-corrected chi connectivity index (χ2v) is 7.15. The van der Waals surface area contributed by atoms with E-state index in [2.05, 4.69) is 5.32 Å². The maximum Gasteiger partial charge on any atom is 0.244 e. The molecule has 0 spiro atoms. The van der Waals surface area contributed by atoms with Crippen LogP contribution in [0.25, 0.3) is 0 Å². The van der Waals surface area contributed by atoms with E-state index in [4.69, 9.17) is 11.6 Å². The molecule has 0 amide bonds. The molecule has 0 saturated carbocycles. The minimum Gasteiger partial charge on any atom is -0.319 e. The van der Waals surface area contributed by atoms with Gasteiger partial charge in [0, 0.05) is 13.1 Å². The molecule has 1 aromatic carbocycles. The summed E-state index contributed by atoms with van der Waals surface area (Å²) in [7, 11) is -1.53. The van der Waals surface area contributed by atoms with Crippen LogP contribution >= 0.6 is 11.6 Å². The first-order chi connectivity index (χ1) is 9.05. The first-order valence-electron chi connectivity index (χ1n) is 6.45. The van der Waals surface area contributed by atoms with Crippen LogP contribution in [0.5, 0.6) is 0 Å². The Balaban J connectivity index is 2.12. The van der Waals surface area contributed by atoms with E-state index in [9.17, 15) is 8.42 Å². The van der Waals surface area contributed by atoms with Gasteiger partial charge in [-0.3, -0.25) is 0 Å². The van der Waals surface area contributed by atoms with Crippen LogP contribution in [0.15, 0.2) is 29.2 Å². The second kappa shape index (κ2) is 6.22. The Morgan fingerprint density at radius 3 is 2.53 bits per heavy atom. The third-order valence-corrected chi connectivity index (χ3v) is 5.92. The molecule has 1 aliphatic heterocycles. The number of rotatable bonds is 4. The fourth-order valence-electron chi connectivity index (χ4n) is 2.44. The van der Waals surface area contributed by atoms with Gasteiger partial charge in [-0.15, -0.1) is 0 Å². The van der Waals surface area contributed by atoms with Crippen molar-refractivity contribution >= 4 is 21.6 Å². The third kappa shape index (κ3) is 3.28. The number of halogens is 1. The fraction of sp³-hybridized carbons (Fsp3) is 0.538. The number of hydrogen-bond acceptors (Lipinski definition) is 3. The summed E-state index contributed by atoms with van der Waals surface area (Å²) in [4.78, 5) is 0.212. The highest BCUT2D eigenvalue weighted by Gasteiger charge is 2.30. The predicted octanol–water partition coefficient (Wildman–Crippen LogP) is 1.96. The van der Waals surface area contributed by atoms with Crippen LogP contribution < -0.4 is 5.32 Å². The van der Waals surface area contributed by atoms with Crippen molar-refractivity contribution in [3.05, 3.63) is 29.3 Å². The molecule has 1 fully saturated rings. The largest absolute Gasteiger partial charge is 0.319 e. The smallest absolute Gasteiger partial charge is 0.244 e. The molecule has 1 heterocycles. The number of sulfonamides is 1. The van der Waals surface area contributed by atoms with Gasteiger partial charge in [0.15, 0.2) is 0 Å². The molecule has 19 heavy (non-hydrogen) atoms. The summed E-state index contributed by atoms with van der Waals surface area (Å²) in [6, 6.07) is 6.62. The SMILES string of the molecule is CNCC1CCN(S(=O)(=O)c2ccccc2Cl)CC1. The number of benzene rings is 1. The fourth-order valence-corrected chi connectivity index (χ4v) is 4.40. The molecule has 0 bridgehead atoms. The summed E-state index contributed by atoms with van der Waals surface area (Å²) >= 11 is 5.99. The van der Waals surface area contributed by atoms with Crippen molar-refractivity contribution in [2.24, 2.45) is 5.92 Å². The predicted molar refractivity (Wildman–Crippen MR) is 76.9 cm³/mol. The first kappa shape index (κ1) is 14.8. The average molecular weight is 303 g/mol. The second-order valence-electron chi connectivity index (χ2n) is 4.84. The Morgan fingerprint density at radius 2 is 1.95 bits per heavy atom. The molecule has 0 unspecified atom stereocenters. The van der Waals surface area contributed by atoms with E-state index < -0.39 is 10.0 Å². The highest BCUT2D eigenvalue weighted by molar-refractivity contribution is 7.89. The van der Waals surface area contributed by atoms with E-state index in [-0.39, 0.29) is 4.90 Å². The Hall–Kier alpha value is -0.620. The summed E-state index contributed by atoms with van der Waals surface area (Å²) in [6.07, 6.45) is 1.79. The summed E-state index contributed by atoms with van der Waals surface area (Å²) in [6.45, 7) is 2.08. The maximum absolute atomic E-state index is 12.5. The van der Waals surface area contributed by atoms with E-state index in [0.29, 0.717) is 24.0 Å². The normalized spacial score (nSPS) is 18.6. The lowest BCUT2D eigenvalue weighted by Crippen LogP contribution is -2.40. The Kier molecular flexibility index (Phi) is 4.84. The van der Waals surface area contributed by atoms with Crippen molar-refractivity contribution in [1.82, 2.24) is 9.62 Å². The maximum atomic E-state index is 12.5. The van der Waals surface area contributed by atoms with Crippen molar-refractivity contribution in [3.63, 3.8) is 0 Å². The van der Waals surface area contributed by atoms with E-state index >= 15 is 0 Å². The Morgan fingerprint density at radius 1 is 1.32 bits per heavy atom. The van der Waals surface area contributed by atoms with Crippen molar-refractivity contribution in [2.75, 3.05) is 26.7 Å². The van der Waals surface area contributed by atoms with Crippen LogP contribution in [0, 0.1) is 5.92 Å². The molecule has 106 valence electrons. The number of nitrogens with zero attached hydrogens (tertiary/aromatic N) is 1. The zero-order valence-corrected chi connectivity index (χ0v) is 12.5. The van der Waals surface area contributed by atoms with Crippen LogP contribution in [-0.4, -0.2) is 39.4 Å². The topological polar surface area (TPSA) is 49.4 Å². The molecule has 0 aliphatic carbocycles. The van der Waals surface area contributed by atoms with Gasteiger partial charge in [0.1, 0.15) is 4.90 Å². The van der Waals surface area contributed by atoms with E-state index in [1.54, 1.807) is 28.6 Å². The molecule has 0 atom stereocenters. The lowest BCUT2D eigenvalue weighted by molar-refractivity contribution is 0.270. The van der Waals surface area contributed by atoms with Gasteiger partial charge in [-0.05, 0) is 44.5 Å². The highest BCUT2D eigenvalue weighted by atomic mass is 35.5. The third-order valence-electron chi connectivity index (χ3n) is 3.52. The molecule has 2 rings (SSSR count). The molecule has 6 heteroatoms. The number of nitrogens with one attached hydrogen (secondary N) is 1. The Bertz CT molecular complexity index is 525. The van der Waals surface area contributed by atoms with Crippen LogP contribution in [0.4, 0.5) is 0 Å². The van der Waals surface area contributed by atoms with Gasteiger partial charge in [0.05, 0.1) is 5.02 Å². The monoisotopic (exact) mass is 302 g/mol. The van der Waals surface area contributed by atoms with E-state index in [1.807, 2.05) is 7.05 Å². The zero-order valence-electron chi connectivity index (χ0n) is 11.0. The minimum atomic E-state index is -3.45. The molecule has 1 N–H and O–H groups in total. The van der Waals surface area contributed by atoms with Gasteiger partial charge in [0.25, 0.3) is 0 Å². The molecular weight excluding hydrogens is 284 g/mol. The van der Waals surface area contributed by atoms with E-state index in [1.165, 1.54) is 0 Å². The molecule has 1 aliphatic rings. The van der Waals surface area contributed by atoms with Crippen molar-refractivity contribution < 1.29 is 8.42 Å². The van der Waals surface area contributed by atoms with Gasteiger partial charge in [-0.25, -0.2) is 8.42 Å². The van der Waals surface area contributed by atoms with Crippen LogP contribution in [0.2, 0.25) is 5.02 Å². The summed E-state index contributed by atoms with van der Waals surface area (Å²) in [5.41, 5.74) is 0. The van der Waals surface area contributed by atoms with Crippen molar-refractivity contribution in [2.45, 2.75) is 17.7 Å². The lowest BCUT2D eigenvalue weighted by Gasteiger charge is -2.31. The molecule has 1 saturated heterocycles. The van der Waals surface area contributed by atoms with Gasteiger partial charge in [0.2, 0.25) is 10.0 Å². The van der Waals surface area contributed by atoms with Crippen molar-refractivity contribution in [3.8, 4) is 0 Å². The number of piperidine rings is 1. The molecule has 0 aromatic heterocycles. The van der Waals surface area contributed by atoms with Gasteiger partial charge in [-0.2, -0.15) is 4.31 Å². The zero-order chi connectivity index (χ0) is 13.9. The van der Waals surface area contributed by atoms with Crippen LogP contribution in [0.1, 0.15) is 12.8 Å². The molecule has 1 aromatic rings. The standard InChI is InChI=1S/C13H19ClN2O2S/c1-15-10-11-6-8-16(9-7-11)19(17,18)13-5-3-2-4-12(13)14/h2-5,11,15H,6-10H2,1H3. The first-order valence-corrected chi connectivity index (χ1v) is 8.27. The molecular formula is C13H19ClN2O2S. The van der Waals surface area contributed by atoms with Gasteiger partial charge in [-0.1, -0.05) is 23.7 Å². The van der Waals surface area contributed by atoms with Crippen molar-refractivity contribution in [1.29, 1.82) is 0 Å². The minimum absolute atomic E-state index is 0.212. The van der Waals surface area contributed by atoms with Crippen LogP contribution in [0.3, 0.4) is 0 Å². The van der Waals surface area contributed by atoms with Gasteiger partial charge < -0.3 is 5.32 Å². The average Bonchev–Trinajstić information content (AvgIpc) is 2.40. The summed E-state index contributed by atoms with van der Waals surface area (Å²) in [5, 5.41) is 3.43. The lowest BCUT2D eigenvalue weighted by atomic mass is 9.98.